The summed E-state index contributed by atoms with van der Waals surface area (Å²) in [6, 6.07) is -0.627. The summed E-state index contributed by atoms with van der Waals surface area (Å²) >= 11 is 0. The Bertz CT molecular complexity index is 1190. The van der Waals surface area contributed by atoms with Crippen molar-refractivity contribution in [1.29, 1.82) is 0 Å². The van der Waals surface area contributed by atoms with Crippen molar-refractivity contribution in [2.24, 2.45) is 0 Å². The fraction of sp³-hybridized carbons (Fsp3) is 0.914. The molecule has 0 aromatic carbocycles. The third-order valence-corrected chi connectivity index (χ3v) is 16.2. The molecule has 2 unspecified atom stereocenters. The molecule has 3 N–H and O–H groups in total. The molecule has 0 fully saturated rings. The summed E-state index contributed by atoms with van der Waals surface area (Å²) in [5.74, 6) is -0.0488. The lowest BCUT2D eigenvalue weighted by molar-refractivity contribution is -0.143. The molecule has 0 aliphatic rings. The minimum absolute atomic E-state index is 0.0153. The topological polar surface area (TPSA) is 95.9 Å². The van der Waals surface area contributed by atoms with E-state index < -0.39 is 12.1 Å². The highest BCUT2D eigenvalue weighted by atomic mass is 16.5. The van der Waals surface area contributed by atoms with Gasteiger partial charge in [0.2, 0.25) is 5.91 Å². The number of allylic oxidation sites excluding steroid dienone is 3. The van der Waals surface area contributed by atoms with E-state index in [2.05, 4.69) is 31.3 Å². The van der Waals surface area contributed by atoms with E-state index in [9.17, 15) is 19.8 Å². The quantitative estimate of drug-likeness (QED) is 0.0320. The number of nitrogens with one attached hydrogen (secondary N) is 1. The standard InChI is InChI=1S/C70H135NO5/c1-3-5-7-9-11-13-15-17-19-21-28-32-36-40-44-48-52-56-60-64-70(75)76-65-61-57-53-49-45-41-37-33-30-27-25-23-22-24-26-29-31-35-39-43-47-51-55-59-63-69(74)71-67(66-72)68(73)62-58-54-50-46-42-38-34-20-18-16-14-12-10-8-6-4-2/h17,19,58,62,67-68,72-73H,3-16,18,20-57,59-61,63-66H2,1-2H3,(H,71,74)/b19-17-,62-58+. The van der Waals surface area contributed by atoms with Gasteiger partial charge in [-0.3, -0.25) is 9.59 Å². The zero-order valence-corrected chi connectivity index (χ0v) is 51.5. The Labute approximate surface area is 475 Å². The molecule has 0 heterocycles. The van der Waals surface area contributed by atoms with Gasteiger partial charge in [0.1, 0.15) is 0 Å². The second kappa shape index (κ2) is 65.9. The number of hydrogen-bond donors (Lipinski definition) is 3. The molecule has 0 aromatic heterocycles. The normalized spacial score (nSPS) is 12.6. The molecule has 76 heavy (non-hydrogen) atoms. The molecule has 1 amide bonds. The van der Waals surface area contributed by atoms with Crippen molar-refractivity contribution in [2.45, 2.75) is 398 Å². The van der Waals surface area contributed by atoms with Crippen molar-refractivity contribution in [2.75, 3.05) is 13.2 Å². The van der Waals surface area contributed by atoms with E-state index in [1.54, 1.807) is 6.08 Å². The van der Waals surface area contributed by atoms with Crippen LogP contribution in [0, 0.1) is 0 Å². The van der Waals surface area contributed by atoms with Gasteiger partial charge in [-0.15, -0.1) is 0 Å². The molecule has 0 aliphatic carbocycles. The third-order valence-electron chi connectivity index (χ3n) is 16.2. The number of carbonyl (C=O) groups excluding carboxylic acids is 2. The van der Waals surface area contributed by atoms with Gasteiger partial charge in [0.25, 0.3) is 0 Å². The number of carbonyl (C=O) groups is 2. The van der Waals surface area contributed by atoms with Crippen molar-refractivity contribution in [3.05, 3.63) is 24.3 Å². The third kappa shape index (κ3) is 61.6. The van der Waals surface area contributed by atoms with Gasteiger partial charge in [-0.25, -0.2) is 0 Å². The van der Waals surface area contributed by atoms with Crippen LogP contribution in [-0.2, 0) is 14.3 Å². The van der Waals surface area contributed by atoms with E-state index in [1.165, 1.54) is 321 Å². The van der Waals surface area contributed by atoms with Crippen molar-refractivity contribution < 1.29 is 24.5 Å². The summed E-state index contributed by atoms with van der Waals surface area (Å²) in [5.41, 5.74) is 0. The van der Waals surface area contributed by atoms with Crippen LogP contribution in [0.4, 0.5) is 0 Å². The molecule has 2 atom stereocenters. The van der Waals surface area contributed by atoms with Crippen LogP contribution in [0.3, 0.4) is 0 Å². The molecule has 0 saturated heterocycles. The second-order valence-corrected chi connectivity index (χ2v) is 23.9. The van der Waals surface area contributed by atoms with E-state index in [1.807, 2.05) is 6.08 Å². The van der Waals surface area contributed by atoms with Crippen LogP contribution in [0.5, 0.6) is 0 Å². The predicted molar refractivity (Wildman–Crippen MR) is 333 cm³/mol. The molecule has 0 rings (SSSR count). The van der Waals surface area contributed by atoms with Crippen LogP contribution >= 0.6 is 0 Å². The molecule has 6 heteroatoms. The van der Waals surface area contributed by atoms with Crippen molar-refractivity contribution in [1.82, 2.24) is 5.32 Å². The fourth-order valence-corrected chi connectivity index (χ4v) is 10.9. The lowest BCUT2D eigenvalue weighted by Gasteiger charge is -2.20. The largest absolute Gasteiger partial charge is 0.466 e. The minimum Gasteiger partial charge on any atom is -0.466 e. The van der Waals surface area contributed by atoms with E-state index in [-0.39, 0.29) is 18.5 Å². The van der Waals surface area contributed by atoms with Gasteiger partial charge in [-0.2, -0.15) is 0 Å². The highest BCUT2D eigenvalue weighted by Crippen LogP contribution is 2.19. The van der Waals surface area contributed by atoms with Crippen LogP contribution < -0.4 is 5.32 Å². The highest BCUT2D eigenvalue weighted by molar-refractivity contribution is 5.76. The van der Waals surface area contributed by atoms with E-state index >= 15 is 0 Å². The van der Waals surface area contributed by atoms with Crippen LogP contribution in [0.15, 0.2) is 24.3 Å². The number of ether oxygens (including phenoxy) is 1. The van der Waals surface area contributed by atoms with Crippen molar-refractivity contribution in [3.8, 4) is 0 Å². The van der Waals surface area contributed by atoms with Gasteiger partial charge in [-0.05, 0) is 57.8 Å². The monoisotopic (exact) mass is 1070 g/mol. The predicted octanol–water partition coefficient (Wildman–Crippen LogP) is 22.1. The number of rotatable bonds is 65. The molecule has 0 saturated carbocycles. The van der Waals surface area contributed by atoms with Crippen LogP contribution in [0.25, 0.3) is 0 Å². The summed E-state index contributed by atoms with van der Waals surface area (Å²) in [4.78, 5) is 24.6. The Morgan fingerprint density at radius 2 is 0.618 bits per heavy atom. The smallest absolute Gasteiger partial charge is 0.305 e. The maximum absolute atomic E-state index is 12.5. The van der Waals surface area contributed by atoms with Crippen molar-refractivity contribution >= 4 is 11.9 Å². The summed E-state index contributed by atoms with van der Waals surface area (Å²) in [7, 11) is 0. The van der Waals surface area contributed by atoms with Crippen molar-refractivity contribution in [3.63, 3.8) is 0 Å². The van der Waals surface area contributed by atoms with Crippen LogP contribution in [0.2, 0.25) is 0 Å². The first kappa shape index (κ1) is 74.3. The average molecular weight is 1070 g/mol. The number of unbranched alkanes of at least 4 members (excludes halogenated alkanes) is 52. The summed E-state index contributed by atoms with van der Waals surface area (Å²) in [6.45, 7) is 4.93. The molecule has 0 spiro atoms. The Hall–Kier alpha value is -1.66. The Balaban J connectivity index is 3.36. The van der Waals surface area contributed by atoms with E-state index in [4.69, 9.17) is 4.74 Å². The highest BCUT2D eigenvalue weighted by Gasteiger charge is 2.18. The van der Waals surface area contributed by atoms with Crippen LogP contribution in [-0.4, -0.2) is 47.4 Å². The molecule has 0 radical (unpaired) electrons. The zero-order valence-electron chi connectivity index (χ0n) is 51.5. The SMILES string of the molecule is CCCCCCCC/C=C\CCCCCCCCCCCC(=O)OCCCCCCCCCCCCCCCCCCCCCCCCCCC(=O)NC(CO)C(O)/C=C/CCCCCCCCCCCCCCCC. The Morgan fingerprint density at radius 1 is 0.355 bits per heavy atom. The number of esters is 1. The summed E-state index contributed by atoms with van der Waals surface area (Å²) in [6.07, 6.45) is 82.5. The molecule has 0 aliphatic heterocycles. The molecular weight excluding hydrogens is 935 g/mol. The van der Waals surface area contributed by atoms with Gasteiger partial charge >= 0.3 is 5.97 Å². The number of aliphatic hydroxyl groups excluding tert-OH is 2. The maximum Gasteiger partial charge on any atom is 0.305 e. The molecule has 0 bridgehead atoms. The minimum atomic E-state index is -0.843. The molecule has 0 aromatic rings. The lowest BCUT2D eigenvalue weighted by atomic mass is 10.0. The molecular formula is C70H135NO5. The Morgan fingerprint density at radius 3 is 0.934 bits per heavy atom. The first-order valence-electron chi connectivity index (χ1n) is 34.6. The first-order chi connectivity index (χ1) is 37.5. The number of hydrogen-bond acceptors (Lipinski definition) is 5. The first-order valence-corrected chi connectivity index (χ1v) is 34.6. The lowest BCUT2D eigenvalue weighted by Crippen LogP contribution is -2.45. The van der Waals surface area contributed by atoms with Gasteiger partial charge in [0, 0.05) is 12.8 Å². The van der Waals surface area contributed by atoms with Gasteiger partial charge < -0.3 is 20.3 Å². The fourth-order valence-electron chi connectivity index (χ4n) is 10.9. The molecule has 450 valence electrons. The molecule has 6 nitrogen and oxygen atoms in total. The van der Waals surface area contributed by atoms with E-state index in [0.29, 0.717) is 19.4 Å². The van der Waals surface area contributed by atoms with Gasteiger partial charge in [0.05, 0.1) is 25.4 Å². The number of aliphatic hydroxyl groups is 2. The van der Waals surface area contributed by atoms with Crippen LogP contribution in [0.1, 0.15) is 386 Å². The van der Waals surface area contributed by atoms with E-state index in [0.717, 1.165) is 38.5 Å². The van der Waals surface area contributed by atoms with Gasteiger partial charge in [0.15, 0.2) is 0 Å². The Kier molecular flexibility index (Phi) is 64.4. The average Bonchev–Trinajstić information content (AvgIpc) is 3.42. The van der Waals surface area contributed by atoms with Gasteiger partial charge in [-0.1, -0.05) is 340 Å². The second-order valence-electron chi connectivity index (χ2n) is 23.9. The summed E-state index contributed by atoms with van der Waals surface area (Å²) < 4.78 is 5.51. The zero-order chi connectivity index (χ0) is 55.0. The summed E-state index contributed by atoms with van der Waals surface area (Å²) in [5, 5.41) is 23.2. The number of amides is 1. The maximum atomic E-state index is 12.5.